The molecule has 3 heterocycles. The fourth-order valence-corrected chi connectivity index (χ4v) is 2.81. The number of carbonyl (C=O) groups excluding carboxylic acids is 1. The Labute approximate surface area is 122 Å². The fourth-order valence-electron chi connectivity index (χ4n) is 2.81. The molecule has 7 heteroatoms. The van der Waals surface area contributed by atoms with Gasteiger partial charge in [0.2, 0.25) is 12.3 Å². The third kappa shape index (κ3) is 2.81. The maximum absolute atomic E-state index is 12.3. The van der Waals surface area contributed by atoms with E-state index in [1.54, 1.807) is 0 Å². The Kier molecular flexibility index (Phi) is 3.72. The van der Waals surface area contributed by atoms with Gasteiger partial charge in [-0.05, 0) is 26.7 Å². The zero-order valence-corrected chi connectivity index (χ0v) is 12.2. The SMILES string of the molecule is Cc1noc(C)c1CCC(=O)N1CC[C@@H](c2ncon2)C1. The third-order valence-corrected chi connectivity index (χ3v) is 4.05. The van der Waals surface area contributed by atoms with Crippen LogP contribution < -0.4 is 0 Å². The molecular weight excluding hydrogens is 272 g/mol. The number of nitrogens with zero attached hydrogens (tertiary/aromatic N) is 4. The Morgan fingerprint density at radius 2 is 2.29 bits per heavy atom. The molecule has 2 aromatic heterocycles. The normalized spacial score (nSPS) is 18.4. The first-order valence-electron chi connectivity index (χ1n) is 7.11. The average Bonchev–Trinajstić information content (AvgIpc) is 3.18. The monoisotopic (exact) mass is 290 g/mol. The molecule has 0 radical (unpaired) electrons. The molecule has 0 bridgehead atoms. The Balaban J connectivity index is 1.55. The molecule has 0 spiro atoms. The second kappa shape index (κ2) is 5.67. The molecule has 1 amide bonds. The summed E-state index contributed by atoms with van der Waals surface area (Å²) in [6.07, 6.45) is 3.36. The van der Waals surface area contributed by atoms with E-state index in [-0.39, 0.29) is 11.8 Å². The van der Waals surface area contributed by atoms with Crippen molar-refractivity contribution in [1.82, 2.24) is 20.2 Å². The highest BCUT2D eigenvalue weighted by Crippen LogP contribution is 2.25. The molecule has 1 aliphatic rings. The van der Waals surface area contributed by atoms with Crippen molar-refractivity contribution >= 4 is 5.91 Å². The van der Waals surface area contributed by atoms with Crippen LogP contribution in [0.3, 0.4) is 0 Å². The summed E-state index contributed by atoms with van der Waals surface area (Å²) in [6, 6.07) is 0. The summed E-state index contributed by atoms with van der Waals surface area (Å²) in [6.45, 7) is 5.19. The van der Waals surface area contributed by atoms with Crippen LogP contribution >= 0.6 is 0 Å². The molecule has 112 valence electrons. The van der Waals surface area contributed by atoms with Gasteiger partial charge in [-0.1, -0.05) is 10.3 Å². The summed E-state index contributed by atoms with van der Waals surface area (Å²) in [4.78, 5) is 18.2. The van der Waals surface area contributed by atoms with Crippen LogP contribution in [0.25, 0.3) is 0 Å². The van der Waals surface area contributed by atoms with Crippen molar-refractivity contribution < 1.29 is 13.8 Å². The number of aromatic nitrogens is 3. The predicted molar refractivity (Wildman–Crippen MR) is 72.5 cm³/mol. The molecule has 0 unspecified atom stereocenters. The minimum absolute atomic E-state index is 0.154. The first-order chi connectivity index (χ1) is 10.1. The first kappa shape index (κ1) is 13.8. The number of amides is 1. The van der Waals surface area contributed by atoms with Crippen molar-refractivity contribution in [2.75, 3.05) is 13.1 Å². The van der Waals surface area contributed by atoms with Gasteiger partial charge in [0, 0.05) is 31.0 Å². The van der Waals surface area contributed by atoms with E-state index < -0.39 is 0 Å². The molecule has 0 N–H and O–H groups in total. The molecule has 3 rings (SSSR count). The molecule has 2 aromatic rings. The van der Waals surface area contributed by atoms with E-state index in [4.69, 9.17) is 9.05 Å². The maximum atomic E-state index is 12.3. The van der Waals surface area contributed by atoms with Gasteiger partial charge in [-0.3, -0.25) is 4.79 Å². The third-order valence-electron chi connectivity index (χ3n) is 4.05. The fraction of sp³-hybridized carbons (Fsp3) is 0.571. The predicted octanol–water partition coefficient (Wildman–Crippen LogP) is 1.62. The number of likely N-dealkylation sites (tertiary alicyclic amines) is 1. The van der Waals surface area contributed by atoms with E-state index in [9.17, 15) is 4.79 Å². The summed E-state index contributed by atoms with van der Waals surface area (Å²) in [5.41, 5.74) is 1.91. The van der Waals surface area contributed by atoms with E-state index in [0.717, 1.165) is 30.0 Å². The highest BCUT2D eigenvalue weighted by molar-refractivity contribution is 5.76. The van der Waals surface area contributed by atoms with Crippen LogP contribution in [0.2, 0.25) is 0 Å². The van der Waals surface area contributed by atoms with Crippen molar-refractivity contribution in [2.45, 2.75) is 39.0 Å². The van der Waals surface area contributed by atoms with Crippen LogP contribution in [0.5, 0.6) is 0 Å². The molecule has 1 saturated heterocycles. The highest BCUT2D eigenvalue weighted by Gasteiger charge is 2.29. The lowest BCUT2D eigenvalue weighted by Crippen LogP contribution is -2.28. The quantitative estimate of drug-likeness (QED) is 0.850. The van der Waals surface area contributed by atoms with Crippen LogP contribution in [0.4, 0.5) is 0 Å². The summed E-state index contributed by atoms with van der Waals surface area (Å²) in [5.74, 6) is 1.83. The first-order valence-corrected chi connectivity index (χ1v) is 7.11. The molecule has 1 fully saturated rings. The summed E-state index contributed by atoms with van der Waals surface area (Å²) in [5, 5.41) is 7.77. The zero-order valence-electron chi connectivity index (χ0n) is 12.2. The van der Waals surface area contributed by atoms with E-state index in [1.165, 1.54) is 6.39 Å². The minimum atomic E-state index is 0.154. The van der Waals surface area contributed by atoms with Crippen LogP contribution in [0.1, 0.15) is 41.6 Å². The van der Waals surface area contributed by atoms with Crippen molar-refractivity contribution in [2.24, 2.45) is 0 Å². The molecule has 1 atom stereocenters. The van der Waals surface area contributed by atoms with Crippen molar-refractivity contribution in [3.8, 4) is 0 Å². The molecule has 0 aromatic carbocycles. The number of aryl methyl sites for hydroxylation is 2. The van der Waals surface area contributed by atoms with E-state index in [2.05, 4.69) is 15.3 Å². The molecular formula is C14H18N4O3. The Hall–Kier alpha value is -2.18. The molecule has 0 saturated carbocycles. The van der Waals surface area contributed by atoms with Crippen molar-refractivity contribution in [1.29, 1.82) is 0 Å². The lowest BCUT2D eigenvalue weighted by atomic mass is 10.1. The Morgan fingerprint density at radius 1 is 1.43 bits per heavy atom. The second-order valence-corrected chi connectivity index (χ2v) is 5.42. The topological polar surface area (TPSA) is 85.3 Å². The Bertz CT molecular complexity index is 601. The average molecular weight is 290 g/mol. The minimum Gasteiger partial charge on any atom is -0.361 e. The van der Waals surface area contributed by atoms with Gasteiger partial charge >= 0.3 is 0 Å². The van der Waals surface area contributed by atoms with Gasteiger partial charge < -0.3 is 13.9 Å². The molecule has 1 aliphatic heterocycles. The van der Waals surface area contributed by atoms with Gasteiger partial charge in [-0.2, -0.15) is 4.98 Å². The van der Waals surface area contributed by atoms with Crippen molar-refractivity contribution in [3.63, 3.8) is 0 Å². The smallest absolute Gasteiger partial charge is 0.222 e. The number of hydrogen-bond donors (Lipinski definition) is 0. The number of hydrogen-bond acceptors (Lipinski definition) is 6. The van der Waals surface area contributed by atoms with Crippen LogP contribution in [-0.2, 0) is 11.2 Å². The summed E-state index contributed by atoms with van der Waals surface area (Å²) < 4.78 is 9.88. The van der Waals surface area contributed by atoms with E-state index in [0.29, 0.717) is 25.2 Å². The van der Waals surface area contributed by atoms with Crippen LogP contribution in [0, 0.1) is 13.8 Å². The molecule has 21 heavy (non-hydrogen) atoms. The van der Waals surface area contributed by atoms with Gasteiger partial charge in [-0.25, -0.2) is 0 Å². The van der Waals surface area contributed by atoms with Crippen LogP contribution in [0.15, 0.2) is 15.4 Å². The van der Waals surface area contributed by atoms with Crippen molar-refractivity contribution in [3.05, 3.63) is 29.2 Å². The van der Waals surface area contributed by atoms with Gasteiger partial charge in [-0.15, -0.1) is 0 Å². The van der Waals surface area contributed by atoms with Gasteiger partial charge in [0.1, 0.15) is 5.76 Å². The standard InChI is InChI=1S/C14H18N4O3/c1-9-12(10(2)21-16-9)3-4-13(19)18-6-5-11(7-18)14-15-8-20-17-14/h8,11H,3-7H2,1-2H3/t11-/m1/s1. The Morgan fingerprint density at radius 3 is 2.95 bits per heavy atom. The highest BCUT2D eigenvalue weighted by atomic mass is 16.5. The second-order valence-electron chi connectivity index (χ2n) is 5.42. The zero-order chi connectivity index (χ0) is 14.8. The van der Waals surface area contributed by atoms with E-state index >= 15 is 0 Å². The summed E-state index contributed by atoms with van der Waals surface area (Å²) in [7, 11) is 0. The summed E-state index contributed by atoms with van der Waals surface area (Å²) >= 11 is 0. The van der Waals surface area contributed by atoms with Gasteiger partial charge in [0.25, 0.3) is 0 Å². The lowest BCUT2D eigenvalue weighted by Gasteiger charge is -2.15. The number of carbonyl (C=O) groups is 1. The van der Waals surface area contributed by atoms with Crippen LogP contribution in [-0.4, -0.2) is 39.2 Å². The number of rotatable bonds is 4. The van der Waals surface area contributed by atoms with E-state index in [1.807, 2.05) is 18.7 Å². The largest absolute Gasteiger partial charge is 0.361 e. The van der Waals surface area contributed by atoms with Gasteiger partial charge in [0.05, 0.1) is 5.69 Å². The maximum Gasteiger partial charge on any atom is 0.222 e. The lowest BCUT2D eigenvalue weighted by molar-refractivity contribution is -0.130. The molecule has 7 nitrogen and oxygen atoms in total. The van der Waals surface area contributed by atoms with Gasteiger partial charge in [0.15, 0.2) is 5.82 Å². The molecule has 0 aliphatic carbocycles.